The monoisotopic (exact) mass is 439 g/mol. The highest BCUT2D eigenvalue weighted by atomic mass is 32.2. The molecule has 4 rings (SSSR count). The van der Waals surface area contributed by atoms with Crippen LogP contribution in [0.15, 0.2) is 33.9 Å². The van der Waals surface area contributed by atoms with Crippen molar-refractivity contribution in [1.82, 2.24) is 15.5 Å². The van der Waals surface area contributed by atoms with E-state index in [9.17, 15) is 13.2 Å². The molecule has 9 nitrogen and oxygen atoms in total. The number of ether oxygens (including phenoxy) is 2. The Bertz CT molecular complexity index is 977. The van der Waals surface area contributed by atoms with Crippen molar-refractivity contribution in [3.8, 4) is 11.5 Å². The first-order chi connectivity index (χ1) is 14.0. The molecule has 1 aromatic carbocycles. The van der Waals surface area contributed by atoms with Crippen molar-refractivity contribution in [1.29, 1.82) is 0 Å². The number of amides is 1. The van der Waals surface area contributed by atoms with Crippen molar-refractivity contribution in [3.05, 3.63) is 30.2 Å². The van der Waals surface area contributed by atoms with Crippen LogP contribution >= 0.6 is 11.8 Å². The van der Waals surface area contributed by atoms with Gasteiger partial charge < -0.3 is 19.2 Å². The minimum absolute atomic E-state index is 0.0180. The number of nitrogens with zero attached hydrogens (tertiary/aromatic N) is 2. The lowest BCUT2D eigenvalue weighted by Crippen LogP contribution is -2.41. The summed E-state index contributed by atoms with van der Waals surface area (Å²) in [5.74, 6) is 2.12. The lowest BCUT2D eigenvalue weighted by Gasteiger charge is -2.26. The van der Waals surface area contributed by atoms with E-state index < -0.39 is 9.84 Å². The van der Waals surface area contributed by atoms with Crippen LogP contribution in [0.3, 0.4) is 0 Å². The first kappa shape index (κ1) is 20.0. The summed E-state index contributed by atoms with van der Waals surface area (Å²) in [5.41, 5.74) is 0. The molecule has 0 saturated carbocycles. The van der Waals surface area contributed by atoms with Gasteiger partial charge in [-0.25, -0.2) is 8.42 Å². The Labute approximate surface area is 172 Å². The van der Waals surface area contributed by atoms with E-state index in [1.807, 2.05) is 24.3 Å². The van der Waals surface area contributed by atoms with Gasteiger partial charge in [0.2, 0.25) is 11.8 Å². The molecule has 0 aliphatic carbocycles. The normalized spacial score (nSPS) is 22.3. The fraction of sp³-hybridized carbons (Fsp3) is 0.500. The molecule has 1 amide bonds. The molecule has 0 unspecified atom stereocenters. The summed E-state index contributed by atoms with van der Waals surface area (Å²) in [5, 5.41) is 11.0. The second kappa shape index (κ2) is 8.62. The predicted octanol–water partition coefficient (Wildman–Crippen LogP) is 1.10. The van der Waals surface area contributed by atoms with E-state index in [0.717, 1.165) is 11.8 Å². The maximum atomic E-state index is 12.1. The van der Waals surface area contributed by atoms with Crippen LogP contribution in [0.1, 0.15) is 12.3 Å². The maximum absolute atomic E-state index is 12.1. The van der Waals surface area contributed by atoms with Crippen LogP contribution in [0.5, 0.6) is 11.5 Å². The van der Waals surface area contributed by atoms with Crippen molar-refractivity contribution >= 4 is 27.5 Å². The molecule has 2 aliphatic heterocycles. The van der Waals surface area contributed by atoms with E-state index in [4.69, 9.17) is 13.9 Å². The van der Waals surface area contributed by atoms with Gasteiger partial charge in [0.05, 0.1) is 23.8 Å². The van der Waals surface area contributed by atoms with Gasteiger partial charge in [0.25, 0.3) is 5.22 Å². The van der Waals surface area contributed by atoms with Crippen LogP contribution in [0.25, 0.3) is 0 Å². The number of benzene rings is 1. The zero-order chi connectivity index (χ0) is 20.3. The number of rotatable bonds is 7. The van der Waals surface area contributed by atoms with E-state index in [1.165, 1.54) is 0 Å². The number of nitrogens with one attached hydrogen (secondary N) is 1. The average molecular weight is 440 g/mol. The summed E-state index contributed by atoms with van der Waals surface area (Å²) >= 11 is 1.14. The van der Waals surface area contributed by atoms with Crippen LogP contribution in [-0.4, -0.2) is 61.0 Å². The molecule has 1 saturated heterocycles. The number of thioether (sulfide) groups is 1. The summed E-state index contributed by atoms with van der Waals surface area (Å²) in [6.07, 6.45) is 0.809. The third-order valence-corrected chi connectivity index (χ3v) is 7.31. The highest BCUT2D eigenvalue weighted by molar-refractivity contribution is 7.99. The van der Waals surface area contributed by atoms with Gasteiger partial charge in [0.15, 0.2) is 21.3 Å². The van der Waals surface area contributed by atoms with E-state index in [2.05, 4.69) is 15.5 Å². The third kappa shape index (κ3) is 5.41. The average Bonchev–Trinajstić information content (AvgIpc) is 3.30. The Morgan fingerprint density at radius 1 is 1.24 bits per heavy atom. The number of carbonyl (C=O) groups excluding carboxylic acids is 1. The fourth-order valence-electron chi connectivity index (χ4n) is 3.23. The Hall–Kier alpha value is -2.27. The van der Waals surface area contributed by atoms with Gasteiger partial charge in [0, 0.05) is 6.42 Å². The van der Waals surface area contributed by atoms with E-state index in [0.29, 0.717) is 48.6 Å². The number of carbonyl (C=O) groups is 1. The molecular weight excluding hydrogens is 418 g/mol. The largest absolute Gasteiger partial charge is 0.486 e. The number of sulfone groups is 1. The number of hydrogen-bond donors (Lipinski definition) is 1. The Morgan fingerprint density at radius 3 is 2.86 bits per heavy atom. The van der Waals surface area contributed by atoms with Gasteiger partial charge in [-0.3, -0.25) is 4.79 Å². The second-order valence-corrected chi connectivity index (χ2v) is 10.2. The molecule has 1 aromatic heterocycles. The number of para-hydroxylation sites is 2. The van der Waals surface area contributed by atoms with Gasteiger partial charge in [-0.15, -0.1) is 10.2 Å². The minimum atomic E-state index is -2.93. The highest BCUT2D eigenvalue weighted by Crippen LogP contribution is 2.30. The Morgan fingerprint density at radius 2 is 2.07 bits per heavy atom. The van der Waals surface area contributed by atoms with Crippen molar-refractivity contribution in [2.75, 3.05) is 30.4 Å². The predicted molar refractivity (Wildman–Crippen MR) is 105 cm³/mol. The molecule has 2 atom stereocenters. The van der Waals surface area contributed by atoms with Crippen molar-refractivity contribution < 1.29 is 27.1 Å². The van der Waals surface area contributed by atoms with Crippen LogP contribution in [0.2, 0.25) is 0 Å². The Balaban J connectivity index is 1.18. The van der Waals surface area contributed by atoms with E-state index >= 15 is 0 Å². The lowest BCUT2D eigenvalue weighted by molar-refractivity contribution is -0.119. The standard InChI is InChI=1S/C18H21N3O6S2/c22-16(19-8-13-9-25-14-3-1-2-4-15(14)26-13)10-28-18-21-20-17(27-18)7-12-5-6-29(23,24)11-12/h1-4,12-13H,5-11H2,(H,19,22)/t12-,13-/m0/s1. The first-order valence-electron chi connectivity index (χ1n) is 9.27. The summed E-state index contributed by atoms with van der Waals surface area (Å²) in [6.45, 7) is 0.702. The number of hydrogen-bond acceptors (Lipinski definition) is 9. The Kier molecular flexibility index (Phi) is 5.95. The van der Waals surface area contributed by atoms with Crippen molar-refractivity contribution in [2.24, 2.45) is 5.92 Å². The molecule has 1 N–H and O–H groups in total. The molecule has 2 aliphatic rings. The van der Waals surface area contributed by atoms with Crippen molar-refractivity contribution in [2.45, 2.75) is 24.2 Å². The van der Waals surface area contributed by atoms with Crippen LogP contribution in [-0.2, 0) is 21.1 Å². The molecule has 0 spiro atoms. The van der Waals surface area contributed by atoms with Gasteiger partial charge in [0.1, 0.15) is 12.7 Å². The SMILES string of the molecule is O=C(CSc1nnc(C[C@@H]2CCS(=O)(=O)C2)o1)NC[C@H]1COc2ccccc2O1. The zero-order valence-corrected chi connectivity index (χ0v) is 17.2. The zero-order valence-electron chi connectivity index (χ0n) is 15.6. The molecule has 29 heavy (non-hydrogen) atoms. The second-order valence-electron chi connectivity index (χ2n) is 7.03. The van der Waals surface area contributed by atoms with Crippen LogP contribution < -0.4 is 14.8 Å². The summed E-state index contributed by atoms with van der Waals surface area (Å²) in [7, 11) is -2.93. The minimum Gasteiger partial charge on any atom is -0.486 e. The smallest absolute Gasteiger partial charge is 0.277 e. The van der Waals surface area contributed by atoms with Gasteiger partial charge in [-0.1, -0.05) is 23.9 Å². The van der Waals surface area contributed by atoms with Gasteiger partial charge >= 0.3 is 0 Å². The van der Waals surface area contributed by atoms with E-state index in [-0.39, 0.29) is 35.2 Å². The quantitative estimate of drug-likeness (QED) is 0.632. The molecular formula is C18H21N3O6S2. The molecule has 2 aromatic rings. The summed E-state index contributed by atoms with van der Waals surface area (Å²) in [6, 6.07) is 7.41. The molecule has 1 fully saturated rings. The summed E-state index contributed by atoms with van der Waals surface area (Å²) < 4.78 is 40.0. The van der Waals surface area contributed by atoms with Gasteiger partial charge in [-0.2, -0.15) is 0 Å². The summed E-state index contributed by atoms with van der Waals surface area (Å²) in [4.78, 5) is 12.1. The van der Waals surface area contributed by atoms with Crippen LogP contribution in [0, 0.1) is 5.92 Å². The van der Waals surface area contributed by atoms with Gasteiger partial charge in [-0.05, 0) is 24.5 Å². The molecule has 0 bridgehead atoms. The fourth-order valence-corrected chi connectivity index (χ4v) is 5.70. The third-order valence-electron chi connectivity index (χ3n) is 4.66. The maximum Gasteiger partial charge on any atom is 0.277 e. The first-order valence-corrected chi connectivity index (χ1v) is 12.1. The lowest BCUT2D eigenvalue weighted by atomic mass is 10.1. The van der Waals surface area contributed by atoms with Crippen LogP contribution in [0.4, 0.5) is 0 Å². The molecule has 3 heterocycles. The highest BCUT2D eigenvalue weighted by Gasteiger charge is 2.29. The number of fused-ring (bicyclic) bond motifs is 1. The molecule has 11 heteroatoms. The van der Waals surface area contributed by atoms with Crippen molar-refractivity contribution in [3.63, 3.8) is 0 Å². The number of aromatic nitrogens is 2. The molecule has 0 radical (unpaired) electrons. The van der Waals surface area contributed by atoms with E-state index in [1.54, 1.807) is 0 Å². The molecule has 156 valence electrons. The topological polar surface area (TPSA) is 121 Å².